The highest BCUT2D eigenvalue weighted by Crippen LogP contribution is 2.36. The van der Waals surface area contributed by atoms with Gasteiger partial charge in [-0.1, -0.05) is 62.2 Å². The summed E-state index contributed by atoms with van der Waals surface area (Å²) in [5.41, 5.74) is 1.67. The Bertz CT molecular complexity index is 545. The van der Waals surface area contributed by atoms with Crippen molar-refractivity contribution in [3.05, 3.63) is 48.0 Å². The summed E-state index contributed by atoms with van der Waals surface area (Å²) in [6, 6.07) is 15.5. The van der Waals surface area contributed by atoms with Gasteiger partial charge < -0.3 is 5.32 Å². The molecule has 1 heteroatoms. The van der Waals surface area contributed by atoms with Gasteiger partial charge in [0.25, 0.3) is 0 Å². The molecule has 1 aliphatic rings. The van der Waals surface area contributed by atoms with Crippen molar-refractivity contribution in [1.29, 1.82) is 0 Å². The van der Waals surface area contributed by atoms with Gasteiger partial charge in [-0.2, -0.15) is 0 Å². The lowest BCUT2D eigenvalue weighted by molar-refractivity contribution is 0.315. The molecule has 0 radical (unpaired) electrons. The largest absolute Gasteiger partial charge is 0.307 e. The van der Waals surface area contributed by atoms with E-state index in [0.717, 1.165) is 6.54 Å². The van der Waals surface area contributed by atoms with Gasteiger partial charge in [0.15, 0.2) is 0 Å². The molecule has 0 aromatic heterocycles. The van der Waals surface area contributed by atoms with Crippen molar-refractivity contribution in [1.82, 2.24) is 5.32 Å². The van der Waals surface area contributed by atoms with Crippen LogP contribution in [0, 0.1) is 0 Å². The Morgan fingerprint density at radius 2 is 1.84 bits per heavy atom. The van der Waals surface area contributed by atoms with Crippen LogP contribution < -0.4 is 5.32 Å². The molecule has 1 nitrogen and oxygen atoms in total. The standard InChI is InChI=1S/C18H23N/c1-2-18(13-6-3-7-14-19-18)17-12-8-10-15-9-4-5-11-16(15)17/h4-5,8-12,19H,2-3,6-7,13-14H2,1H3. The van der Waals surface area contributed by atoms with Gasteiger partial charge in [-0.15, -0.1) is 0 Å². The Balaban J connectivity index is 2.15. The van der Waals surface area contributed by atoms with Gasteiger partial charge in [0.05, 0.1) is 0 Å². The zero-order valence-corrected chi connectivity index (χ0v) is 11.8. The summed E-state index contributed by atoms with van der Waals surface area (Å²) in [6.07, 6.45) is 6.44. The number of nitrogens with one attached hydrogen (secondary N) is 1. The smallest absolute Gasteiger partial charge is 0.0438 e. The number of hydrogen-bond donors (Lipinski definition) is 1. The van der Waals surface area contributed by atoms with E-state index in [1.54, 1.807) is 0 Å². The van der Waals surface area contributed by atoms with E-state index in [2.05, 4.69) is 54.7 Å². The second kappa shape index (κ2) is 5.34. The van der Waals surface area contributed by atoms with Gasteiger partial charge in [-0.25, -0.2) is 0 Å². The predicted molar refractivity (Wildman–Crippen MR) is 82.4 cm³/mol. The minimum absolute atomic E-state index is 0.178. The predicted octanol–water partition coefficient (Wildman–Crippen LogP) is 4.61. The van der Waals surface area contributed by atoms with E-state index >= 15 is 0 Å². The average molecular weight is 253 g/mol. The lowest BCUT2D eigenvalue weighted by Crippen LogP contribution is -2.41. The summed E-state index contributed by atoms with van der Waals surface area (Å²) in [5.74, 6) is 0. The maximum Gasteiger partial charge on any atom is 0.0438 e. The Hall–Kier alpha value is -1.34. The Morgan fingerprint density at radius 1 is 1.00 bits per heavy atom. The Labute approximate surface area is 116 Å². The van der Waals surface area contributed by atoms with E-state index in [4.69, 9.17) is 0 Å². The summed E-state index contributed by atoms with van der Waals surface area (Å²) in [5, 5.41) is 6.63. The summed E-state index contributed by atoms with van der Waals surface area (Å²) in [7, 11) is 0. The molecule has 0 amide bonds. The first-order valence-electron chi connectivity index (χ1n) is 7.59. The molecule has 1 saturated heterocycles. The Morgan fingerprint density at radius 3 is 2.74 bits per heavy atom. The molecule has 0 aliphatic carbocycles. The molecule has 3 rings (SSSR count). The fourth-order valence-corrected chi connectivity index (χ4v) is 3.51. The summed E-state index contributed by atoms with van der Waals surface area (Å²) in [4.78, 5) is 0. The van der Waals surface area contributed by atoms with Crippen molar-refractivity contribution in [3.8, 4) is 0 Å². The molecular weight excluding hydrogens is 230 g/mol. The van der Waals surface area contributed by atoms with Crippen LogP contribution >= 0.6 is 0 Å². The molecule has 0 spiro atoms. The maximum absolute atomic E-state index is 3.85. The molecule has 19 heavy (non-hydrogen) atoms. The molecule has 1 aliphatic heterocycles. The van der Waals surface area contributed by atoms with Crippen molar-refractivity contribution >= 4 is 10.8 Å². The highest BCUT2D eigenvalue weighted by molar-refractivity contribution is 5.86. The minimum Gasteiger partial charge on any atom is -0.307 e. The van der Waals surface area contributed by atoms with Crippen LogP contribution in [0.15, 0.2) is 42.5 Å². The first-order valence-corrected chi connectivity index (χ1v) is 7.59. The highest BCUT2D eigenvalue weighted by Gasteiger charge is 2.31. The van der Waals surface area contributed by atoms with Crippen LogP contribution in [0.4, 0.5) is 0 Å². The molecule has 1 heterocycles. The second-order valence-electron chi connectivity index (χ2n) is 5.70. The molecule has 0 bridgehead atoms. The third-order valence-electron chi connectivity index (χ3n) is 4.65. The normalized spacial score (nSPS) is 24.3. The molecule has 100 valence electrons. The van der Waals surface area contributed by atoms with Crippen LogP contribution in [0.25, 0.3) is 10.8 Å². The molecule has 2 aromatic carbocycles. The summed E-state index contributed by atoms with van der Waals surface area (Å²) < 4.78 is 0. The van der Waals surface area contributed by atoms with Gasteiger partial charge in [0.2, 0.25) is 0 Å². The van der Waals surface area contributed by atoms with Gasteiger partial charge in [0.1, 0.15) is 0 Å². The molecule has 1 fully saturated rings. The monoisotopic (exact) mass is 253 g/mol. The van der Waals surface area contributed by atoms with Gasteiger partial charge in [-0.05, 0) is 42.1 Å². The zero-order chi connectivity index (χ0) is 13.1. The molecule has 1 atom stereocenters. The average Bonchev–Trinajstić information content (AvgIpc) is 2.73. The Kier molecular flexibility index (Phi) is 3.56. The number of benzene rings is 2. The van der Waals surface area contributed by atoms with E-state index in [0.29, 0.717) is 0 Å². The SMILES string of the molecule is CCC1(c2cccc3ccccc23)CCCCCN1. The summed E-state index contributed by atoms with van der Waals surface area (Å²) >= 11 is 0. The van der Waals surface area contributed by atoms with Gasteiger partial charge in [0, 0.05) is 5.54 Å². The molecule has 1 N–H and O–H groups in total. The lowest BCUT2D eigenvalue weighted by Gasteiger charge is -2.34. The first kappa shape index (κ1) is 12.7. The van der Waals surface area contributed by atoms with Crippen molar-refractivity contribution in [3.63, 3.8) is 0 Å². The van der Waals surface area contributed by atoms with Crippen LogP contribution in [-0.2, 0) is 5.54 Å². The van der Waals surface area contributed by atoms with Crippen LogP contribution in [0.1, 0.15) is 44.6 Å². The first-order chi connectivity index (χ1) is 9.36. The minimum atomic E-state index is 0.178. The number of rotatable bonds is 2. The fourth-order valence-electron chi connectivity index (χ4n) is 3.51. The van der Waals surface area contributed by atoms with Gasteiger partial charge >= 0.3 is 0 Å². The topological polar surface area (TPSA) is 12.0 Å². The quantitative estimate of drug-likeness (QED) is 0.824. The summed E-state index contributed by atoms with van der Waals surface area (Å²) in [6.45, 7) is 3.47. The van der Waals surface area contributed by atoms with Crippen molar-refractivity contribution in [2.75, 3.05) is 6.54 Å². The second-order valence-corrected chi connectivity index (χ2v) is 5.70. The van der Waals surface area contributed by atoms with Crippen LogP contribution in [-0.4, -0.2) is 6.54 Å². The van der Waals surface area contributed by atoms with E-state index < -0.39 is 0 Å². The van der Waals surface area contributed by atoms with E-state index in [1.165, 1.54) is 48.4 Å². The van der Waals surface area contributed by atoms with Crippen LogP contribution in [0.5, 0.6) is 0 Å². The zero-order valence-electron chi connectivity index (χ0n) is 11.8. The van der Waals surface area contributed by atoms with E-state index in [9.17, 15) is 0 Å². The third kappa shape index (κ3) is 2.28. The van der Waals surface area contributed by atoms with Crippen molar-refractivity contribution in [2.24, 2.45) is 0 Å². The van der Waals surface area contributed by atoms with Crippen molar-refractivity contribution < 1.29 is 0 Å². The maximum atomic E-state index is 3.85. The lowest BCUT2D eigenvalue weighted by atomic mass is 9.81. The number of hydrogen-bond acceptors (Lipinski definition) is 1. The van der Waals surface area contributed by atoms with Crippen molar-refractivity contribution in [2.45, 2.75) is 44.6 Å². The highest BCUT2D eigenvalue weighted by atomic mass is 15.0. The molecule has 2 aromatic rings. The molecular formula is C18H23N. The molecule has 0 saturated carbocycles. The molecule has 1 unspecified atom stereocenters. The third-order valence-corrected chi connectivity index (χ3v) is 4.65. The van der Waals surface area contributed by atoms with Gasteiger partial charge in [-0.3, -0.25) is 0 Å². The van der Waals surface area contributed by atoms with Crippen LogP contribution in [0.3, 0.4) is 0 Å². The van der Waals surface area contributed by atoms with E-state index in [-0.39, 0.29) is 5.54 Å². The van der Waals surface area contributed by atoms with E-state index in [1.807, 2.05) is 0 Å². The van der Waals surface area contributed by atoms with Crippen LogP contribution in [0.2, 0.25) is 0 Å². The number of fused-ring (bicyclic) bond motifs is 1. The fraction of sp³-hybridized carbons (Fsp3) is 0.444.